The van der Waals surface area contributed by atoms with Crippen molar-refractivity contribution in [3.8, 4) is 0 Å². The lowest BCUT2D eigenvalue weighted by Crippen LogP contribution is -2.42. The average Bonchev–Trinajstić information content (AvgIpc) is 2.54. The SMILES string of the molecule is CN(C)C(C)(C)Cn1c(N)nc2cc(Br)ccc21. The van der Waals surface area contributed by atoms with Crippen molar-refractivity contribution in [1.29, 1.82) is 0 Å². The molecule has 18 heavy (non-hydrogen) atoms. The molecule has 1 aromatic carbocycles. The van der Waals surface area contributed by atoms with Crippen LogP contribution >= 0.6 is 15.9 Å². The van der Waals surface area contributed by atoms with Crippen molar-refractivity contribution < 1.29 is 0 Å². The minimum Gasteiger partial charge on any atom is -0.369 e. The molecular formula is C13H19BrN4. The molecular weight excluding hydrogens is 292 g/mol. The van der Waals surface area contributed by atoms with Crippen LogP contribution in [0.1, 0.15) is 13.8 Å². The van der Waals surface area contributed by atoms with Gasteiger partial charge in [-0.25, -0.2) is 4.98 Å². The predicted octanol–water partition coefficient (Wildman–Crippen LogP) is 2.72. The van der Waals surface area contributed by atoms with E-state index in [9.17, 15) is 0 Å². The third kappa shape index (κ3) is 2.37. The largest absolute Gasteiger partial charge is 0.369 e. The Kier molecular flexibility index (Phi) is 3.38. The summed E-state index contributed by atoms with van der Waals surface area (Å²) in [6.07, 6.45) is 0. The van der Waals surface area contributed by atoms with Crippen LogP contribution in [-0.4, -0.2) is 34.1 Å². The zero-order chi connectivity index (χ0) is 13.5. The summed E-state index contributed by atoms with van der Waals surface area (Å²) in [5, 5.41) is 0. The fourth-order valence-corrected chi connectivity index (χ4v) is 2.17. The van der Waals surface area contributed by atoms with E-state index in [0.717, 1.165) is 22.1 Å². The zero-order valence-electron chi connectivity index (χ0n) is 11.2. The van der Waals surface area contributed by atoms with Crippen molar-refractivity contribution in [3.63, 3.8) is 0 Å². The monoisotopic (exact) mass is 310 g/mol. The summed E-state index contributed by atoms with van der Waals surface area (Å²) in [4.78, 5) is 6.60. The summed E-state index contributed by atoms with van der Waals surface area (Å²) in [7, 11) is 4.15. The molecule has 2 N–H and O–H groups in total. The standard InChI is InChI=1S/C13H19BrN4/c1-13(2,17(3)4)8-18-11-6-5-9(14)7-10(11)16-12(18)15/h5-7H,8H2,1-4H3,(H2,15,16). The zero-order valence-corrected chi connectivity index (χ0v) is 12.8. The topological polar surface area (TPSA) is 47.1 Å². The van der Waals surface area contributed by atoms with Gasteiger partial charge in [0.2, 0.25) is 5.95 Å². The van der Waals surface area contributed by atoms with Crippen LogP contribution in [0.4, 0.5) is 5.95 Å². The number of hydrogen-bond donors (Lipinski definition) is 1. The Hall–Kier alpha value is -1.07. The summed E-state index contributed by atoms with van der Waals surface area (Å²) >= 11 is 3.45. The third-order valence-electron chi connectivity index (χ3n) is 3.50. The van der Waals surface area contributed by atoms with Gasteiger partial charge < -0.3 is 15.2 Å². The summed E-state index contributed by atoms with van der Waals surface area (Å²) in [5.74, 6) is 0.568. The number of nitrogens with zero attached hydrogens (tertiary/aromatic N) is 3. The number of hydrogen-bond acceptors (Lipinski definition) is 3. The van der Waals surface area contributed by atoms with Gasteiger partial charge in [0, 0.05) is 16.6 Å². The number of nitrogen functional groups attached to an aromatic ring is 1. The molecule has 4 nitrogen and oxygen atoms in total. The number of anilines is 1. The van der Waals surface area contributed by atoms with Gasteiger partial charge in [-0.05, 0) is 46.1 Å². The minimum absolute atomic E-state index is 0.0226. The van der Waals surface area contributed by atoms with Crippen molar-refractivity contribution in [2.75, 3.05) is 19.8 Å². The Morgan fingerprint density at radius 1 is 1.39 bits per heavy atom. The van der Waals surface area contributed by atoms with Gasteiger partial charge in [-0.15, -0.1) is 0 Å². The van der Waals surface area contributed by atoms with Crippen molar-refractivity contribution in [3.05, 3.63) is 22.7 Å². The summed E-state index contributed by atoms with van der Waals surface area (Å²) in [6, 6.07) is 6.06. The van der Waals surface area contributed by atoms with E-state index in [4.69, 9.17) is 5.73 Å². The lowest BCUT2D eigenvalue weighted by Gasteiger charge is -2.33. The molecule has 0 atom stereocenters. The lowest BCUT2D eigenvalue weighted by molar-refractivity contribution is 0.172. The molecule has 5 heteroatoms. The Balaban J connectivity index is 2.48. The van der Waals surface area contributed by atoms with Gasteiger partial charge in [0.15, 0.2) is 0 Å². The van der Waals surface area contributed by atoms with Gasteiger partial charge in [-0.2, -0.15) is 0 Å². The first kappa shape index (κ1) is 13.4. The Morgan fingerprint density at radius 2 is 2.06 bits per heavy atom. The van der Waals surface area contributed by atoms with Gasteiger partial charge in [0.05, 0.1) is 11.0 Å². The highest BCUT2D eigenvalue weighted by molar-refractivity contribution is 9.10. The number of likely N-dealkylation sites (N-methyl/N-ethyl adjacent to an activating group) is 1. The van der Waals surface area contributed by atoms with E-state index in [1.165, 1.54) is 0 Å². The number of fused-ring (bicyclic) bond motifs is 1. The fourth-order valence-electron chi connectivity index (χ4n) is 1.82. The summed E-state index contributed by atoms with van der Waals surface area (Å²) in [6.45, 7) is 5.19. The van der Waals surface area contributed by atoms with Crippen LogP contribution in [0.25, 0.3) is 11.0 Å². The molecule has 0 aliphatic carbocycles. The summed E-state index contributed by atoms with van der Waals surface area (Å²) in [5.41, 5.74) is 8.05. The first-order valence-electron chi connectivity index (χ1n) is 5.90. The molecule has 0 aliphatic heterocycles. The van der Waals surface area contributed by atoms with E-state index < -0.39 is 0 Å². The molecule has 1 heterocycles. The molecule has 0 unspecified atom stereocenters. The Morgan fingerprint density at radius 3 is 2.67 bits per heavy atom. The van der Waals surface area contributed by atoms with Gasteiger partial charge in [0.1, 0.15) is 0 Å². The highest BCUT2D eigenvalue weighted by Gasteiger charge is 2.23. The molecule has 0 saturated carbocycles. The number of rotatable bonds is 3. The smallest absolute Gasteiger partial charge is 0.201 e. The van der Waals surface area contributed by atoms with E-state index in [0.29, 0.717) is 5.95 Å². The molecule has 98 valence electrons. The van der Waals surface area contributed by atoms with Crippen LogP contribution in [0.15, 0.2) is 22.7 Å². The maximum atomic E-state index is 6.03. The molecule has 2 rings (SSSR count). The maximum absolute atomic E-state index is 6.03. The number of nitrogens with two attached hydrogens (primary N) is 1. The third-order valence-corrected chi connectivity index (χ3v) is 3.99. The number of imidazole rings is 1. The molecule has 0 saturated heterocycles. The predicted molar refractivity (Wildman–Crippen MR) is 79.6 cm³/mol. The van der Waals surface area contributed by atoms with Gasteiger partial charge in [-0.1, -0.05) is 15.9 Å². The molecule has 0 spiro atoms. The second-order valence-electron chi connectivity index (χ2n) is 5.40. The van der Waals surface area contributed by atoms with Crippen molar-refractivity contribution in [1.82, 2.24) is 14.5 Å². The Labute approximate surface area is 116 Å². The first-order valence-corrected chi connectivity index (χ1v) is 6.69. The Bertz CT molecular complexity index is 572. The number of benzene rings is 1. The van der Waals surface area contributed by atoms with Crippen molar-refractivity contribution in [2.24, 2.45) is 0 Å². The molecule has 2 aromatic rings. The van der Waals surface area contributed by atoms with Crippen LogP contribution in [0.5, 0.6) is 0 Å². The van der Waals surface area contributed by atoms with Crippen LogP contribution in [-0.2, 0) is 6.54 Å². The quantitative estimate of drug-likeness (QED) is 0.948. The summed E-state index contributed by atoms with van der Waals surface area (Å²) < 4.78 is 3.09. The van der Waals surface area contributed by atoms with Crippen molar-refractivity contribution in [2.45, 2.75) is 25.9 Å². The van der Waals surface area contributed by atoms with E-state index in [1.807, 2.05) is 12.1 Å². The molecule has 0 aliphatic rings. The van der Waals surface area contributed by atoms with Crippen LogP contribution in [0.3, 0.4) is 0 Å². The number of halogens is 1. The fraction of sp³-hybridized carbons (Fsp3) is 0.462. The van der Waals surface area contributed by atoms with Crippen LogP contribution in [0.2, 0.25) is 0 Å². The van der Waals surface area contributed by atoms with E-state index in [-0.39, 0.29) is 5.54 Å². The molecule has 0 radical (unpaired) electrons. The van der Waals surface area contributed by atoms with Gasteiger partial charge in [0.25, 0.3) is 0 Å². The maximum Gasteiger partial charge on any atom is 0.201 e. The molecule has 0 bridgehead atoms. The average molecular weight is 311 g/mol. The second-order valence-corrected chi connectivity index (χ2v) is 6.31. The lowest BCUT2D eigenvalue weighted by atomic mass is 10.0. The van der Waals surface area contributed by atoms with Crippen LogP contribution < -0.4 is 5.73 Å². The minimum atomic E-state index is 0.0226. The van der Waals surface area contributed by atoms with E-state index in [2.05, 4.69) is 64.4 Å². The first-order chi connectivity index (χ1) is 8.31. The molecule has 0 fully saturated rings. The highest BCUT2D eigenvalue weighted by Crippen LogP contribution is 2.25. The van der Waals surface area contributed by atoms with E-state index >= 15 is 0 Å². The molecule has 0 amide bonds. The molecule has 1 aromatic heterocycles. The van der Waals surface area contributed by atoms with Crippen molar-refractivity contribution >= 4 is 32.9 Å². The number of aromatic nitrogens is 2. The van der Waals surface area contributed by atoms with Crippen LogP contribution in [0, 0.1) is 0 Å². The highest BCUT2D eigenvalue weighted by atomic mass is 79.9. The van der Waals surface area contributed by atoms with E-state index in [1.54, 1.807) is 0 Å². The second kappa shape index (κ2) is 4.55. The normalized spacial score (nSPS) is 12.6. The van der Waals surface area contributed by atoms with Gasteiger partial charge in [-0.3, -0.25) is 0 Å². The van der Waals surface area contributed by atoms with Gasteiger partial charge >= 0.3 is 0 Å².